The second kappa shape index (κ2) is 7.34. The van der Waals surface area contributed by atoms with Gasteiger partial charge in [0.05, 0.1) is 6.54 Å². The number of rotatable bonds is 4. The number of hydrogen-bond donors (Lipinski definition) is 0. The highest BCUT2D eigenvalue weighted by atomic mass is 35.5. The number of benzene rings is 2. The number of halogens is 1. The second-order valence-corrected chi connectivity index (χ2v) is 6.50. The molecular weight excluding hydrogens is 348 g/mol. The average Bonchev–Trinajstić information content (AvgIpc) is 3.24. The third-order valence-electron chi connectivity index (χ3n) is 5.21. The van der Waals surface area contributed by atoms with E-state index in [1.54, 1.807) is 6.20 Å². The van der Waals surface area contributed by atoms with Crippen LogP contribution in [0.25, 0.3) is 0 Å². The van der Waals surface area contributed by atoms with Gasteiger partial charge >= 0.3 is 5.97 Å². The van der Waals surface area contributed by atoms with Crippen LogP contribution in [-0.2, 0) is 21.5 Å². The number of hydrogen-bond acceptors (Lipinski definition) is 3. The van der Waals surface area contributed by atoms with E-state index in [4.69, 9.17) is 4.74 Å². The summed E-state index contributed by atoms with van der Waals surface area (Å²) in [7, 11) is 0. The molecule has 1 aliphatic rings. The maximum Gasteiger partial charge on any atom is 0.321 e. The third kappa shape index (κ3) is 2.80. The molecule has 4 nitrogen and oxygen atoms in total. The monoisotopic (exact) mass is 368 g/mol. The third-order valence-corrected chi connectivity index (χ3v) is 5.21. The fourth-order valence-electron chi connectivity index (χ4n) is 3.92. The maximum absolute atomic E-state index is 13.2. The molecule has 2 atom stereocenters. The standard InChI is InChI=1S/C21H20N2O2.ClH/c1-16-19(15-23-14-8-13-22-23)25-20(24)21(16,17-9-4-2-5-10-17)18-11-6-3-7-12-18;/h2-14,16,19H,15H2,1H3;1H. The number of esters is 1. The van der Waals surface area contributed by atoms with Crippen LogP contribution in [0.2, 0.25) is 0 Å². The number of carbonyl (C=O) groups excluding carboxylic acids is 1. The molecule has 2 unspecified atom stereocenters. The van der Waals surface area contributed by atoms with Crippen LogP contribution in [0.3, 0.4) is 0 Å². The van der Waals surface area contributed by atoms with Crippen LogP contribution in [0.4, 0.5) is 0 Å². The molecule has 0 radical (unpaired) electrons. The fourth-order valence-corrected chi connectivity index (χ4v) is 3.92. The molecule has 5 heteroatoms. The molecule has 2 aromatic carbocycles. The molecule has 2 heterocycles. The number of carbonyl (C=O) groups is 1. The first-order valence-corrected chi connectivity index (χ1v) is 8.52. The molecule has 1 aromatic heterocycles. The van der Waals surface area contributed by atoms with Crippen molar-refractivity contribution >= 4 is 18.4 Å². The van der Waals surface area contributed by atoms with Gasteiger partial charge in [-0.25, -0.2) is 0 Å². The van der Waals surface area contributed by atoms with E-state index in [1.807, 2.05) is 77.6 Å². The van der Waals surface area contributed by atoms with Gasteiger partial charge in [-0.15, -0.1) is 12.4 Å². The van der Waals surface area contributed by atoms with Gasteiger partial charge in [-0.3, -0.25) is 9.48 Å². The Kier molecular flexibility index (Phi) is 5.14. The summed E-state index contributed by atoms with van der Waals surface area (Å²) >= 11 is 0. The Morgan fingerprint density at radius 3 is 2.08 bits per heavy atom. The van der Waals surface area contributed by atoms with Crippen molar-refractivity contribution in [1.29, 1.82) is 0 Å². The van der Waals surface area contributed by atoms with Crippen LogP contribution in [-0.4, -0.2) is 21.9 Å². The lowest BCUT2D eigenvalue weighted by Crippen LogP contribution is -2.39. The number of nitrogens with zero attached hydrogens (tertiary/aromatic N) is 2. The predicted molar refractivity (Wildman–Crippen MR) is 102 cm³/mol. The topological polar surface area (TPSA) is 44.1 Å². The summed E-state index contributed by atoms with van der Waals surface area (Å²) in [5, 5.41) is 4.26. The van der Waals surface area contributed by atoms with Crippen molar-refractivity contribution in [2.24, 2.45) is 5.92 Å². The minimum Gasteiger partial charge on any atom is -0.459 e. The lowest BCUT2D eigenvalue weighted by atomic mass is 9.66. The van der Waals surface area contributed by atoms with Gasteiger partial charge < -0.3 is 4.74 Å². The average molecular weight is 369 g/mol. The van der Waals surface area contributed by atoms with Crippen molar-refractivity contribution in [1.82, 2.24) is 9.78 Å². The lowest BCUT2D eigenvalue weighted by Gasteiger charge is -2.31. The van der Waals surface area contributed by atoms with E-state index < -0.39 is 5.41 Å². The molecule has 0 saturated carbocycles. The molecule has 1 fully saturated rings. The van der Waals surface area contributed by atoms with Gasteiger partial charge in [-0.1, -0.05) is 67.6 Å². The summed E-state index contributed by atoms with van der Waals surface area (Å²) < 4.78 is 7.69. The number of ether oxygens (including phenoxy) is 1. The second-order valence-electron chi connectivity index (χ2n) is 6.50. The molecule has 3 aromatic rings. The van der Waals surface area contributed by atoms with Crippen LogP contribution >= 0.6 is 12.4 Å². The molecule has 0 bridgehead atoms. The van der Waals surface area contributed by atoms with Crippen LogP contribution < -0.4 is 0 Å². The highest BCUT2D eigenvalue weighted by molar-refractivity contribution is 5.90. The first-order valence-electron chi connectivity index (χ1n) is 8.52. The van der Waals surface area contributed by atoms with E-state index in [0.29, 0.717) is 6.54 Å². The summed E-state index contributed by atoms with van der Waals surface area (Å²) in [5.74, 6) is -0.205. The minimum absolute atomic E-state index is 0. The predicted octanol–water partition coefficient (Wildman–Crippen LogP) is 3.85. The van der Waals surface area contributed by atoms with Crippen molar-refractivity contribution < 1.29 is 9.53 Å². The molecule has 1 aliphatic heterocycles. The quantitative estimate of drug-likeness (QED) is 0.657. The van der Waals surface area contributed by atoms with Gasteiger partial charge in [-0.2, -0.15) is 5.10 Å². The number of aromatic nitrogens is 2. The molecule has 0 amide bonds. The van der Waals surface area contributed by atoms with E-state index in [2.05, 4.69) is 12.0 Å². The zero-order chi connectivity index (χ0) is 17.3. The van der Waals surface area contributed by atoms with Crippen LogP contribution in [0.1, 0.15) is 18.1 Å². The summed E-state index contributed by atoms with van der Waals surface area (Å²) in [6.07, 6.45) is 3.40. The van der Waals surface area contributed by atoms with Crippen molar-refractivity contribution in [3.63, 3.8) is 0 Å². The maximum atomic E-state index is 13.2. The van der Waals surface area contributed by atoms with Gasteiger partial charge in [0.25, 0.3) is 0 Å². The van der Waals surface area contributed by atoms with Crippen molar-refractivity contribution in [3.05, 3.63) is 90.3 Å². The molecule has 134 valence electrons. The van der Waals surface area contributed by atoms with E-state index in [9.17, 15) is 4.79 Å². The van der Waals surface area contributed by atoms with E-state index in [0.717, 1.165) is 11.1 Å². The highest BCUT2D eigenvalue weighted by Crippen LogP contribution is 2.47. The normalized spacial score (nSPS) is 21.0. The van der Waals surface area contributed by atoms with Crippen molar-refractivity contribution in [3.8, 4) is 0 Å². The number of cyclic esters (lactones) is 1. The Balaban J connectivity index is 0.00000196. The highest BCUT2D eigenvalue weighted by Gasteiger charge is 2.57. The van der Waals surface area contributed by atoms with Crippen LogP contribution in [0.15, 0.2) is 79.1 Å². The largest absolute Gasteiger partial charge is 0.459 e. The molecule has 0 aliphatic carbocycles. The Morgan fingerprint density at radius 1 is 1.00 bits per heavy atom. The Labute approximate surface area is 159 Å². The SMILES string of the molecule is CC1C(Cn2cccn2)OC(=O)C1(c1ccccc1)c1ccccc1.Cl. The first kappa shape index (κ1) is 18.2. The van der Waals surface area contributed by atoms with Crippen molar-refractivity contribution in [2.45, 2.75) is 25.0 Å². The molecule has 26 heavy (non-hydrogen) atoms. The van der Waals surface area contributed by atoms with Crippen LogP contribution in [0.5, 0.6) is 0 Å². The molecule has 0 N–H and O–H groups in total. The van der Waals surface area contributed by atoms with E-state index in [-0.39, 0.29) is 30.4 Å². The van der Waals surface area contributed by atoms with Crippen molar-refractivity contribution in [2.75, 3.05) is 0 Å². The zero-order valence-corrected chi connectivity index (χ0v) is 15.3. The van der Waals surface area contributed by atoms with Gasteiger partial charge in [0.15, 0.2) is 0 Å². The summed E-state index contributed by atoms with van der Waals surface area (Å²) in [5.41, 5.74) is 1.16. The summed E-state index contributed by atoms with van der Waals surface area (Å²) in [6.45, 7) is 2.65. The minimum atomic E-state index is -0.791. The van der Waals surface area contributed by atoms with Gasteiger partial charge in [-0.05, 0) is 17.2 Å². The molecular formula is C21H21ClN2O2. The molecule has 0 spiro atoms. The summed E-state index contributed by atoms with van der Waals surface area (Å²) in [6, 6.07) is 21.8. The summed E-state index contributed by atoms with van der Waals surface area (Å²) in [4.78, 5) is 13.2. The van der Waals surface area contributed by atoms with E-state index in [1.165, 1.54) is 0 Å². The van der Waals surface area contributed by atoms with Gasteiger partial charge in [0, 0.05) is 18.3 Å². The first-order chi connectivity index (χ1) is 12.2. The van der Waals surface area contributed by atoms with Gasteiger partial charge in [0.2, 0.25) is 0 Å². The Morgan fingerprint density at radius 2 is 1.58 bits per heavy atom. The molecule has 4 rings (SSSR count). The van der Waals surface area contributed by atoms with Crippen LogP contribution in [0, 0.1) is 5.92 Å². The fraction of sp³-hybridized carbons (Fsp3) is 0.238. The smallest absolute Gasteiger partial charge is 0.321 e. The van der Waals surface area contributed by atoms with Gasteiger partial charge in [0.1, 0.15) is 11.5 Å². The Bertz CT molecular complexity index is 811. The van der Waals surface area contributed by atoms with E-state index >= 15 is 0 Å². The Hall–Kier alpha value is -2.59. The molecule has 1 saturated heterocycles. The lowest BCUT2D eigenvalue weighted by molar-refractivity contribution is -0.145. The zero-order valence-electron chi connectivity index (χ0n) is 14.5.